The largest absolute Gasteiger partial charge is 0.481 e. The van der Waals surface area contributed by atoms with Crippen molar-refractivity contribution in [3.8, 4) is 12.3 Å². The van der Waals surface area contributed by atoms with E-state index in [0.717, 1.165) is 25.7 Å². The Morgan fingerprint density at radius 3 is 1.75 bits per heavy atom. The first kappa shape index (κ1) is 15.0. The Balaban J connectivity index is 2.94. The van der Waals surface area contributed by atoms with Crippen molar-refractivity contribution in [3.63, 3.8) is 0 Å². The molecule has 0 heterocycles. The zero-order valence-corrected chi connectivity index (χ0v) is 10.2. The molecule has 0 unspecified atom stereocenters. The first-order chi connectivity index (χ1) is 7.77. The average molecular weight is 224 g/mol. The lowest BCUT2D eigenvalue weighted by Crippen LogP contribution is -1.93. The fourth-order valence-corrected chi connectivity index (χ4v) is 1.74. The van der Waals surface area contributed by atoms with Crippen LogP contribution in [0.15, 0.2) is 0 Å². The van der Waals surface area contributed by atoms with Crippen LogP contribution in [-0.4, -0.2) is 11.1 Å². The number of carboxylic acid groups (broad SMARTS) is 1. The van der Waals surface area contributed by atoms with E-state index in [1.54, 1.807) is 0 Å². The number of rotatable bonds is 11. The standard InChI is InChI=1S/C14H24O2/c1-2-3-4-5-6-7-8-9-10-11-12-13-14(15)16/h1H,3-13H2,(H,15,16). The van der Waals surface area contributed by atoms with Crippen LogP contribution >= 0.6 is 0 Å². The number of terminal acetylenes is 1. The van der Waals surface area contributed by atoms with E-state index in [1.165, 1.54) is 38.5 Å². The molecular weight excluding hydrogens is 200 g/mol. The van der Waals surface area contributed by atoms with Gasteiger partial charge in [0.2, 0.25) is 0 Å². The van der Waals surface area contributed by atoms with Crippen LogP contribution < -0.4 is 0 Å². The van der Waals surface area contributed by atoms with Crippen LogP contribution in [0, 0.1) is 12.3 Å². The van der Waals surface area contributed by atoms with Crippen molar-refractivity contribution in [1.29, 1.82) is 0 Å². The maximum absolute atomic E-state index is 10.2. The zero-order chi connectivity index (χ0) is 12.1. The molecule has 0 aliphatic carbocycles. The molecule has 0 aromatic rings. The van der Waals surface area contributed by atoms with Gasteiger partial charge in [0.05, 0.1) is 0 Å². The molecule has 0 bridgehead atoms. The molecule has 0 atom stereocenters. The van der Waals surface area contributed by atoms with Crippen LogP contribution in [0.3, 0.4) is 0 Å². The normalized spacial score (nSPS) is 9.94. The van der Waals surface area contributed by atoms with Gasteiger partial charge in [0.1, 0.15) is 0 Å². The van der Waals surface area contributed by atoms with E-state index in [0.29, 0.717) is 6.42 Å². The third-order valence-corrected chi connectivity index (χ3v) is 2.71. The Kier molecular flexibility index (Phi) is 11.4. The molecule has 0 spiro atoms. The van der Waals surface area contributed by atoms with E-state index in [9.17, 15) is 4.79 Å². The molecule has 0 radical (unpaired) electrons. The lowest BCUT2D eigenvalue weighted by molar-refractivity contribution is -0.137. The quantitative estimate of drug-likeness (QED) is 0.425. The fraction of sp³-hybridized carbons (Fsp3) is 0.786. The zero-order valence-electron chi connectivity index (χ0n) is 10.2. The maximum atomic E-state index is 10.2. The van der Waals surface area contributed by atoms with Crippen molar-refractivity contribution in [2.45, 2.75) is 70.6 Å². The van der Waals surface area contributed by atoms with E-state index in [4.69, 9.17) is 11.5 Å². The van der Waals surface area contributed by atoms with Gasteiger partial charge in [0.15, 0.2) is 0 Å². The molecule has 0 fully saturated rings. The molecule has 0 amide bonds. The predicted molar refractivity (Wildman–Crippen MR) is 67.3 cm³/mol. The minimum absolute atomic E-state index is 0.325. The second-order valence-corrected chi connectivity index (χ2v) is 4.28. The molecule has 0 saturated heterocycles. The highest BCUT2D eigenvalue weighted by Crippen LogP contribution is 2.11. The summed E-state index contributed by atoms with van der Waals surface area (Å²) in [6, 6.07) is 0. The highest BCUT2D eigenvalue weighted by atomic mass is 16.4. The van der Waals surface area contributed by atoms with Crippen molar-refractivity contribution >= 4 is 5.97 Å². The molecule has 92 valence electrons. The first-order valence-electron chi connectivity index (χ1n) is 6.42. The highest BCUT2D eigenvalue weighted by molar-refractivity contribution is 5.66. The molecular formula is C14H24O2. The van der Waals surface area contributed by atoms with Crippen LogP contribution in [0.1, 0.15) is 70.6 Å². The summed E-state index contributed by atoms with van der Waals surface area (Å²) in [5.74, 6) is 1.98. The summed E-state index contributed by atoms with van der Waals surface area (Å²) in [5.41, 5.74) is 0. The van der Waals surface area contributed by atoms with Crippen LogP contribution in [0.5, 0.6) is 0 Å². The van der Waals surface area contributed by atoms with Gasteiger partial charge < -0.3 is 5.11 Å². The number of unbranched alkanes of at least 4 members (excludes halogenated alkanes) is 9. The topological polar surface area (TPSA) is 37.3 Å². The summed E-state index contributed by atoms with van der Waals surface area (Å²) in [5, 5.41) is 8.44. The SMILES string of the molecule is C#CCCCCCCCCCCCC(=O)O. The molecule has 0 aromatic carbocycles. The van der Waals surface area contributed by atoms with Gasteiger partial charge in [-0.1, -0.05) is 44.9 Å². The molecule has 16 heavy (non-hydrogen) atoms. The van der Waals surface area contributed by atoms with Crippen molar-refractivity contribution in [2.75, 3.05) is 0 Å². The first-order valence-corrected chi connectivity index (χ1v) is 6.42. The summed E-state index contributed by atoms with van der Waals surface area (Å²) in [7, 11) is 0. The van der Waals surface area contributed by atoms with Gasteiger partial charge in [-0.15, -0.1) is 12.3 Å². The molecule has 2 heteroatoms. The van der Waals surface area contributed by atoms with Crippen LogP contribution in [0.25, 0.3) is 0 Å². The third kappa shape index (κ3) is 13.0. The second-order valence-electron chi connectivity index (χ2n) is 4.28. The van der Waals surface area contributed by atoms with Gasteiger partial charge in [-0.3, -0.25) is 4.79 Å². The molecule has 1 N–H and O–H groups in total. The summed E-state index contributed by atoms with van der Waals surface area (Å²) in [6.07, 6.45) is 17.0. The number of carbonyl (C=O) groups is 1. The second kappa shape index (κ2) is 12.1. The Morgan fingerprint density at radius 1 is 0.875 bits per heavy atom. The molecule has 0 aliphatic rings. The Morgan fingerprint density at radius 2 is 1.31 bits per heavy atom. The third-order valence-electron chi connectivity index (χ3n) is 2.71. The highest BCUT2D eigenvalue weighted by Gasteiger charge is 1.96. The molecule has 0 rings (SSSR count). The van der Waals surface area contributed by atoms with E-state index >= 15 is 0 Å². The minimum atomic E-state index is -0.673. The minimum Gasteiger partial charge on any atom is -0.481 e. The van der Waals surface area contributed by atoms with Crippen LogP contribution in [0.4, 0.5) is 0 Å². The fourth-order valence-electron chi connectivity index (χ4n) is 1.74. The number of hydrogen-bond acceptors (Lipinski definition) is 1. The van der Waals surface area contributed by atoms with Crippen molar-refractivity contribution in [1.82, 2.24) is 0 Å². The predicted octanol–water partition coefficient (Wildman–Crippen LogP) is 4.00. The maximum Gasteiger partial charge on any atom is 0.303 e. The van der Waals surface area contributed by atoms with E-state index in [-0.39, 0.29) is 0 Å². The Hall–Kier alpha value is -0.970. The summed E-state index contributed by atoms with van der Waals surface area (Å²) in [4.78, 5) is 10.2. The number of carboxylic acids is 1. The average Bonchev–Trinajstić information content (AvgIpc) is 2.25. The Bertz CT molecular complexity index is 203. The van der Waals surface area contributed by atoms with E-state index < -0.39 is 5.97 Å². The molecule has 0 aromatic heterocycles. The van der Waals surface area contributed by atoms with Gasteiger partial charge >= 0.3 is 5.97 Å². The monoisotopic (exact) mass is 224 g/mol. The van der Waals surface area contributed by atoms with Gasteiger partial charge in [0, 0.05) is 12.8 Å². The summed E-state index contributed by atoms with van der Waals surface area (Å²) >= 11 is 0. The van der Waals surface area contributed by atoms with Crippen LogP contribution in [0.2, 0.25) is 0 Å². The van der Waals surface area contributed by atoms with Crippen molar-refractivity contribution in [3.05, 3.63) is 0 Å². The number of hydrogen-bond donors (Lipinski definition) is 1. The van der Waals surface area contributed by atoms with Gasteiger partial charge in [-0.2, -0.15) is 0 Å². The lowest BCUT2D eigenvalue weighted by atomic mass is 10.1. The molecule has 0 aliphatic heterocycles. The number of aliphatic carboxylic acids is 1. The van der Waals surface area contributed by atoms with Crippen molar-refractivity contribution < 1.29 is 9.90 Å². The van der Waals surface area contributed by atoms with Gasteiger partial charge in [-0.05, 0) is 12.8 Å². The van der Waals surface area contributed by atoms with Gasteiger partial charge in [0.25, 0.3) is 0 Å². The summed E-state index contributed by atoms with van der Waals surface area (Å²) in [6.45, 7) is 0. The van der Waals surface area contributed by atoms with Crippen LogP contribution in [-0.2, 0) is 4.79 Å². The smallest absolute Gasteiger partial charge is 0.303 e. The summed E-state index contributed by atoms with van der Waals surface area (Å²) < 4.78 is 0. The molecule has 0 saturated carbocycles. The van der Waals surface area contributed by atoms with Gasteiger partial charge in [-0.25, -0.2) is 0 Å². The van der Waals surface area contributed by atoms with E-state index in [2.05, 4.69) is 5.92 Å². The van der Waals surface area contributed by atoms with Crippen molar-refractivity contribution in [2.24, 2.45) is 0 Å². The lowest BCUT2D eigenvalue weighted by Gasteiger charge is -2.00. The molecule has 2 nitrogen and oxygen atoms in total. The Labute approximate surface area is 99.4 Å². The van der Waals surface area contributed by atoms with E-state index in [1.807, 2.05) is 0 Å².